The van der Waals surface area contributed by atoms with Gasteiger partial charge < -0.3 is 0 Å². The molecule has 0 heterocycles. The zero-order valence-corrected chi connectivity index (χ0v) is 8.68. The Morgan fingerprint density at radius 1 is 1.50 bits per heavy atom. The van der Waals surface area contributed by atoms with E-state index in [9.17, 15) is 4.39 Å². The summed E-state index contributed by atoms with van der Waals surface area (Å²) >= 11 is 0. The molecule has 0 saturated carbocycles. The predicted molar refractivity (Wildman–Crippen MR) is 56.2 cm³/mol. The van der Waals surface area contributed by atoms with E-state index in [1.807, 2.05) is 6.92 Å². The van der Waals surface area contributed by atoms with Crippen LogP contribution in [0.25, 0.3) is 0 Å². The van der Waals surface area contributed by atoms with Gasteiger partial charge in [0.1, 0.15) is 5.82 Å². The van der Waals surface area contributed by atoms with E-state index in [0.717, 1.165) is 24.0 Å². The molecule has 0 aliphatic carbocycles. The summed E-state index contributed by atoms with van der Waals surface area (Å²) in [6.07, 6.45) is 1.71. The lowest BCUT2D eigenvalue weighted by atomic mass is 10.00. The summed E-state index contributed by atoms with van der Waals surface area (Å²) in [6.45, 7) is 4.04. The topological polar surface area (TPSA) is 38.0 Å². The summed E-state index contributed by atoms with van der Waals surface area (Å²) in [5.41, 5.74) is 4.86. The van der Waals surface area contributed by atoms with Crippen molar-refractivity contribution in [2.45, 2.75) is 32.7 Å². The van der Waals surface area contributed by atoms with E-state index < -0.39 is 0 Å². The Hall–Kier alpha value is -0.930. The first-order chi connectivity index (χ1) is 6.67. The van der Waals surface area contributed by atoms with Crippen LogP contribution in [0.3, 0.4) is 0 Å². The van der Waals surface area contributed by atoms with Gasteiger partial charge in [-0.25, -0.2) is 4.39 Å². The van der Waals surface area contributed by atoms with E-state index in [2.05, 4.69) is 12.3 Å². The average molecular weight is 196 g/mol. The summed E-state index contributed by atoms with van der Waals surface area (Å²) in [7, 11) is 0. The second-order valence-electron chi connectivity index (χ2n) is 3.55. The van der Waals surface area contributed by atoms with Gasteiger partial charge in [0.25, 0.3) is 0 Å². The number of aryl methyl sites for hydroxylation is 1. The number of nitrogens with one attached hydrogen (secondary N) is 1. The Morgan fingerprint density at radius 2 is 2.21 bits per heavy atom. The first-order valence-corrected chi connectivity index (χ1v) is 4.88. The quantitative estimate of drug-likeness (QED) is 0.570. The van der Waals surface area contributed by atoms with Crippen molar-refractivity contribution in [3.05, 3.63) is 35.1 Å². The number of hydrazine groups is 1. The first kappa shape index (κ1) is 11.1. The van der Waals surface area contributed by atoms with Crippen LogP contribution >= 0.6 is 0 Å². The third-order valence-corrected chi connectivity index (χ3v) is 2.51. The third kappa shape index (κ3) is 2.79. The van der Waals surface area contributed by atoms with Crippen molar-refractivity contribution in [3.63, 3.8) is 0 Å². The predicted octanol–water partition coefficient (Wildman–Crippen LogP) is 1.92. The molecule has 1 aromatic carbocycles. The van der Waals surface area contributed by atoms with E-state index in [0.29, 0.717) is 0 Å². The van der Waals surface area contributed by atoms with Crippen LogP contribution in [0.15, 0.2) is 18.2 Å². The van der Waals surface area contributed by atoms with Crippen LogP contribution in [0.4, 0.5) is 4.39 Å². The van der Waals surface area contributed by atoms with Crippen molar-refractivity contribution in [3.8, 4) is 0 Å². The standard InChI is InChI=1S/C11H17FN2/c1-3-11(14-13)7-9-6-10(12)5-4-8(9)2/h4-6,11,14H,3,7,13H2,1-2H3. The van der Waals surface area contributed by atoms with Crippen molar-refractivity contribution >= 4 is 0 Å². The fourth-order valence-corrected chi connectivity index (χ4v) is 1.45. The van der Waals surface area contributed by atoms with Gasteiger partial charge in [-0.3, -0.25) is 11.3 Å². The van der Waals surface area contributed by atoms with Gasteiger partial charge >= 0.3 is 0 Å². The lowest BCUT2D eigenvalue weighted by Gasteiger charge is -2.14. The van der Waals surface area contributed by atoms with Gasteiger partial charge in [-0.05, 0) is 43.0 Å². The molecule has 78 valence electrons. The second kappa shape index (κ2) is 5.08. The van der Waals surface area contributed by atoms with Gasteiger partial charge in [0.15, 0.2) is 0 Å². The van der Waals surface area contributed by atoms with Crippen LogP contribution in [0.5, 0.6) is 0 Å². The van der Waals surface area contributed by atoms with E-state index in [1.165, 1.54) is 6.07 Å². The zero-order valence-electron chi connectivity index (χ0n) is 8.68. The van der Waals surface area contributed by atoms with Crippen molar-refractivity contribution < 1.29 is 4.39 Å². The SMILES string of the molecule is CCC(Cc1cc(F)ccc1C)NN. The Labute approximate surface area is 84.3 Å². The van der Waals surface area contributed by atoms with E-state index >= 15 is 0 Å². The highest BCUT2D eigenvalue weighted by molar-refractivity contribution is 5.27. The van der Waals surface area contributed by atoms with Gasteiger partial charge in [0, 0.05) is 6.04 Å². The van der Waals surface area contributed by atoms with Crippen LogP contribution in [-0.4, -0.2) is 6.04 Å². The smallest absolute Gasteiger partial charge is 0.123 e. The second-order valence-corrected chi connectivity index (χ2v) is 3.55. The molecule has 3 heteroatoms. The normalized spacial score (nSPS) is 12.9. The molecule has 0 bridgehead atoms. The molecule has 0 amide bonds. The largest absolute Gasteiger partial charge is 0.271 e. The van der Waals surface area contributed by atoms with Gasteiger partial charge in [-0.15, -0.1) is 0 Å². The highest BCUT2D eigenvalue weighted by Gasteiger charge is 2.07. The molecule has 0 fully saturated rings. The van der Waals surface area contributed by atoms with Crippen LogP contribution in [0.2, 0.25) is 0 Å². The molecule has 0 aliphatic heterocycles. The minimum Gasteiger partial charge on any atom is -0.271 e. The van der Waals surface area contributed by atoms with Crippen LogP contribution in [0, 0.1) is 12.7 Å². The molecule has 0 aromatic heterocycles. The van der Waals surface area contributed by atoms with Crippen molar-refractivity contribution in [1.82, 2.24) is 5.43 Å². The molecule has 1 aromatic rings. The fraction of sp³-hybridized carbons (Fsp3) is 0.455. The number of hydrogen-bond acceptors (Lipinski definition) is 2. The monoisotopic (exact) mass is 196 g/mol. The minimum atomic E-state index is -0.183. The van der Waals surface area contributed by atoms with Crippen molar-refractivity contribution in [2.24, 2.45) is 5.84 Å². The van der Waals surface area contributed by atoms with E-state index in [1.54, 1.807) is 12.1 Å². The summed E-state index contributed by atoms with van der Waals surface area (Å²) in [5, 5.41) is 0. The molecule has 0 saturated heterocycles. The summed E-state index contributed by atoms with van der Waals surface area (Å²) in [4.78, 5) is 0. The lowest BCUT2D eigenvalue weighted by molar-refractivity contribution is 0.508. The van der Waals surface area contributed by atoms with Crippen molar-refractivity contribution in [2.75, 3.05) is 0 Å². The highest BCUT2D eigenvalue weighted by atomic mass is 19.1. The molecule has 0 radical (unpaired) electrons. The molecule has 1 atom stereocenters. The molecule has 14 heavy (non-hydrogen) atoms. The summed E-state index contributed by atoms with van der Waals surface area (Å²) < 4.78 is 13.0. The molecule has 3 N–H and O–H groups in total. The fourth-order valence-electron chi connectivity index (χ4n) is 1.45. The Balaban J connectivity index is 2.79. The van der Waals surface area contributed by atoms with Gasteiger partial charge in [0.05, 0.1) is 0 Å². The number of benzene rings is 1. The maximum absolute atomic E-state index is 13.0. The molecular weight excluding hydrogens is 179 g/mol. The number of halogens is 1. The third-order valence-electron chi connectivity index (χ3n) is 2.51. The summed E-state index contributed by atoms with van der Waals surface area (Å²) in [6, 6.07) is 5.08. The first-order valence-electron chi connectivity index (χ1n) is 4.88. The maximum atomic E-state index is 13.0. The Kier molecular flexibility index (Phi) is 4.04. The lowest BCUT2D eigenvalue weighted by Crippen LogP contribution is -2.36. The average Bonchev–Trinajstić information content (AvgIpc) is 2.19. The van der Waals surface area contributed by atoms with Crippen LogP contribution < -0.4 is 11.3 Å². The Bertz CT molecular complexity index is 295. The molecule has 1 rings (SSSR count). The number of nitrogens with two attached hydrogens (primary N) is 1. The molecule has 0 spiro atoms. The zero-order chi connectivity index (χ0) is 10.6. The van der Waals surface area contributed by atoms with Gasteiger partial charge in [0.2, 0.25) is 0 Å². The number of hydrogen-bond donors (Lipinski definition) is 2. The highest BCUT2D eigenvalue weighted by Crippen LogP contribution is 2.13. The minimum absolute atomic E-state index is 0.183. The molecule has 0 aliphatic rings. The molecular formula is C11H17FN2. The van der Waals surface area contributed by atoms with E-state index in [-0.39, 0.29) is 11.9 Å². The molecule has 2 nitrogen and oxygen atoms in total. The van der Waals surface area contributed by atoms with Gasteiger partial charge in [-0.2, -0.15) is 0 Å². The Morgan fingerprint density at radius 3 is 2.79 bits per heavy atom. The maximum Gasteiger partial charge on any atom is 0.123 e. The van der Waals surface area contributed by atoms with Crippen LogP contribution in [-0.2, 0) is 6.42 Å². The molecule has 1 unspecified atom stereocenters. The number of rotatable bonds is 4. The van der Waals surface area contributed by atoms with E-state index in [4.69, 9.17) is 5.84 Å². The van der Waals surface area contributed by atoms with Crippen LogP contribution in [0.1, 0.15) is 24.5 Å². The van der Waals surface area contributed by atoms with Gasteiger partial charge in [-0.1, -0.05) is 13.0 Å². The van der Waals surface area contributed by atoms with Crippen molar-refractivity contribution in [1.29, 1.82) is 0 Å². The summed E-state index contributed by atoms with van der Waals surface area (Å²) in [5.74, 6) is 5.19.